The molecule has 3 amide bonds. The summed E-state index contributed by atoms with van der Waals surface area (Å²) < 4.78 is 32.3. The third-order valence-electron chi connectivity index (χ3n) is 5.25. The molecule has 3 rings (SSSR count). The summed E-state index contributed by atoms with van der Waals surface area (Å²) in [7, 11) is -3.90. The summed E-state index contributed by atoms with van der Waals surface area (Å²) in [5.74, 6) is -1.62. The highest BCUT2D eigenvalue weighted by Gasteiger charge is 2.38. The Labute approximate surface area is 193 Å². The van der Waals surface area contributed by atoms with Crippen LogP contribution >= 0.6 is 0 Å². The van der Waals surface area contributed by atoms with Crippen LogP contribution in [0, 0.1) is 6.92 Å². The summed E-state index contributed by atoms with van der Waals surface area (Å²) in [6.07, 6.45) is 1.58. The van der Waals surface area contributed by atoms with Gasteiger partial charge in [-0.3, -0.25) is 14.9 Å². The molecule has 10 heteroatoms. The van der Waals surface area contributed by atoms with Gasteiger partial charge in [0, 0.05) is 13.1 Å². The molecule has 1 aliphatic heterocycles. The van der Waals surface area contributed by atoms with Crippen LogP contribution in [0.5, 0.6) is 0 Å². The second kappa shape index (κ2) is 11.1. The lowest BCUT2D eigenvalue weighted by Gasteiger charge is -2.32. The highest BCUT2D eigenvalue weighted by molar-refractivity contribution is 7.89. The van der Waals surface area contributed by atoms with Crippen LogP contribution in [-0.4, -0.2) is 49.8 Å². The van der Waals surface area contributed by atoms with E-state index in [1.54, 1.807) is 12.1 Å². The number of ether oxygens (including phenoxy) is 1. The van der Waals surface area contributed by atoms with Gasteiger partial charge in [0.15, 0.2) is 6.61 Å². The fraction of sp³-hybridized carbons (Fsp3) is 0.348. The van der Waals surface area contributed by atoms with Crippen molar-refractivity contribution in [3.8, 4) is 0 Å². The Balaban J connectivity index is 1.54. The Hall–Kier alpha value is -3.24. The fourth-order valence-electron chi connectivity index (χ4n) is 3.49. The van der Waals surface area contributed by atoms with Crippen LogP contribution in [0.1, 0.15) is 30.4 Å². The first kappa shape index (κ1) is 24.4. The van der Waals surface area contributed by atoms with E-state index in [0.717, 1.165) is 15.4 Å². The summed E-state index contributed by atoms with van der Waals surface area (Å²) >= 11 is 0. The van der Waals surface area contributed by atoms with Crippen molar-refractivity contribution in [3.63, 3.8) is 0 Å². The number of rotatable bonds is 7. The number of nitrogens with one attached hydrogen (secondary N) is 2. The van der Waals surface area contributed by atoms with E-state index in [1.807, 2.05) is 37.3 Å². The molecular weight excluding hydrogens is 446 g/mol. The Kier molecular flexibility index (Phi) is 8.18. The van der Waals surface area contributed by atoms with Crippen molar-refractivity contribution >= 4 is 27.9 Å². The lowest BCUT2D eigenvalue weighted by atomic mass is 10.1. The number of benzene rings is 2. The second-order valence-electron chi connectivity index (χ2n) is 7.76. The summed E-state index contributed by atoms with van der Waals surface area (Å²) in [6.45, 7) is 1.58. The fourth-order valence-corrected chi connectivity index (χ4v) is 5.14. The van der Waals surface area contributed by atoms with Gasteiger partial charge in [0.25, 0.3) is 5.91 Å². The van der Waals surface area contributed by atoms with E-state index in [4.69, 9.17) is 4.74 Å². The maximum atomic E-state index is 13.1. The van der Waals surface area contributed by atoms with E-state index in [1.165, 1.54) is 12.1 Å². The zero-order chi connectivity index (χ0) is 23.8. The average Bonchev–Trinajstić information content (AvgIpc) is 2.82. The lowest BCUT2D eigenvalue weighted by Crippen LogP contribution is -2.49. The smallest absolute Gasteiger partial charge is 0.324 e. The monoisotopic (exact) mass is 473 g/mol. The van der Waals surface area contributed by atoms with Crippen molar-refractivity contribution in [1.82, 2.24) is 14.9 Å². The van der Waals surface area contributed by atoms with Gasteiger partial charge in [-0.2, -0.15) is 4.31 Å². The van der Waals surface area contributed by atoms with Gasteiger partial charge in [-0.1, -0.05) is 48.0 Å². The van der Waals surface area contributed by atoms with Gasteiger partial charge >= 0.3 is 12.0 Å². The summed E-state index contributed by atoms with van der Waals surface area (Å²) in [5, 5.41) is 4.61. The van der Waals surface area contributed by atoms with Crippen LogP contribution in [0.15, 0.2) is 59.5 Å². The molecule has 1 aliphatic rings. The quantitative estimate of drug-likeness (QED) is 0.594. The number of hydrogen-bond acceptors (Lipinski definition) is 6. The van der Waals surface area contributed by atoms with E-state index in [9.17, 15) is 22.8 Å². The van der Waals surface area contributed by atoms with E-state index in [2.05, 4.69) is 10.6 Å². The van der Waals surface area contributed by atoms with E-state index < -0.39 is 40.6 Å². The van der Waals surface area contributed by atoms with Crippen LogP contribution < -0.4 is 10.6 Å². The minimum Gasteiger partial charge on any atom is -0.454 e. The Morgan fingerprint density at radius 3 is 2.42 bits per heavy atom. The van der Waals surface area contributed by atoms with Gasteiger partial charge in [0.1, 0.15) is 6.04 Å². The van der Waals surface area contributed by atoms with Gasteiger partial charge in [-0.25, -0.2) is 13.2 Å². The van der Waals surface area contributed by atoms with Gasteiger partial charge in [0.2, 0.25) is 10.0 Å². The number of esters is 1. The van der Waals surface area contributed by atoms with Crippen LogP contribution in [0.4, 0.5) is 4.79 Å². The van der Waals surface area contributed by atoms with Crippen LogP contribution in [0.25, 0.3) is 0 Å². The molecule has 1 unspecified atom stereocenters. The summed E-state index contributed by atoms with van der Waals surface area (Å²) in [5.41, 5.74) is 1.78. The molecule has 2 N–H and O–H groups in total. The SMILES string of the molecule is Cc1ccc(S(=O)(=O)N2CCCCC2C(=O)OCC(=O)NC(=O)NCc2ccccc2)cc1. The maximum absolute atomic E-state index is 13.1. The molecule has 2 aromatic rings. The maximum Gasteiger partial charge on any atom is 0.324 e. The van der Waals surface area contributed by atoms with Crippen molar-refractivity contribution in [2.24, 2.45) is 0 Å². The summed E-state index contributed by atoms with van der Waals surface area (Å²) in [4.78, 5) is 36.6. The van der Waals surface area contributed by atoms with Crippen molar-refractivity contribution in [2.45, 2.75) is 43.7 Å². The number of piperidine rings is 1. The molecule has 2 aromatic carbocycles. The molecule has 1 saturated heterocycles. The van der Waals surface area contributed by atoms with Gasteiger partial charge < -0.3 is 10.1 Å². The predicted molar refractivity (Wildman–Crippen MR) is 120 cm³/mol. The number of nitrogens with zero attached hydrogens (tertiary/aromatic N) is 1. The first-order valence-electron chi connectivity index (χ1n) is 10.6. The number of urea groups is 1. The van der Waals surface area contributed by atoms with Crippen molar-refractivity contribution in [3.05, 3.63) is 65.7 Å². The predicted octanol–water partition coefficient (Wildman–Crippen LogP) is 2.11. The largest absolute Gasteiger partial charge is 0.454 e. The zero-order valence-electron chi connectivity index (χ0n) is 18.3. The Bertz CT molecular complexity index is 1090. The van der Waals surface area contributed by atoms with Crippen LogP contribution in [0.3, 0.4) is 0 Å². The number of sulfonamides is 1. The summed E-state index contributed by atoms with van der Waals surface area (Å²) in [6, 6.07) is 13.8. The lowest BCUT2D eigenvalue weighted by molar-refractivity contribution is -0.152. The molecular formula is C23H27N3O6S. The van der Waals surface area contributed by atoms with Crippen LogP contribution in [0.2, 0.25) is 0 Å². The molecule has 0 aromatic heterocycles. The van der Waals surface area contributed by atoms with E-state index in [0.29, 0.717) is 19.3 Å². The van der Waals surface area contributed by atoms with Crippen LogP contribution in [-0.2, 0) is 30.9 Å². The number of hydrogen-bond donors (Lipinski definition) is 2. The first-order chi connectivity index (χ1) is 15.8. The number of carbonyl (C=O) groups excluding carboxylic acids is 3. The minimum atomic E-state index is -3.90. The van der Waals surface area contributed by atoms with Crippen molar-refractivity contribution in [2.75, 3.05) is 13.2 Å². The normalized spacial score (nSPS) is 16.6. The van der Waals surface area contributed by atoms with Crippen molar-refractivity contribution < 1.29 is 27.5 Å². The molecule has 0 spiro atoms. The Morgan fingerprint density at radius 1 is 1.03 bits per heavy atom. The molecule has 33 heavy (non-hydrogen) atoms. The Morgan fingerprint density at radius 2 is 1.73 bits per heavy atom. The zero-order valence-corrected chi connectivity index (χ0v) is 19.1. The molecule has 0 bridgehead atoms. The topological polar surface area (TPSA) is 122 Å². The number of amides is 3. The van der Waals surface area contributed by atoms with E-state index in [-0.39, 0.29) is 18.0 Å². The molecule has 1 atom stereocenters. The molecule has 1 fully saturated rings. The standard InChI is InChI=1S/C23H27N3O6S/c1-17-10-12-19(13-11-17)33(30,31)26-14-6-5-9-20(26)22(28)32-16-21(27)25-23(29)24-15-18-7-3-2-4-8-18/h2-4,7-8,10-13,20H,5-6,9,14-16H2,1H3,(H2,24,25,27,29). The van der Waals surface area contributed by atoms with Gasteiger partial charge in [0.05, 0.1) is 4.90 Å². The minimum absolute atomic E-state index is 0.0978. The molecule has 176 valence electrons. The van der Waals surface area contributed by atoms with Gasteiger partial charge in [-0.15, -0.1) is 0 Å². The second-order valence-corrected chi connectivity index (χ2v) is 9.66. The third-order valence-corrected chi connectivity index (χ3v) is 7.17. The van der Waals surface area contributed by atoms with Crippen molar-refractivity contribution in [1.29, 1.82) is 0 Å². The van der Waals surface area contributed by atoms with E-state index >= 15 is 0 Å². The molecule has 0 saturated carbocycles. The first-order valence-corrected chi connectivity index (χ1v) is 12.1. The number of aryl methyl sites for hydroxylation is 1. The van der Waals surface area contributed by atoms with Gasteiger partial charge in [-0.05, 0) is 43.9 Å². The highest BCUT2D eigenvalue weighted by Crippen LogP contribution is 2.26. The molecule has 0 radical (unpaired) electrons. The molecule has 9 nitrogen and oxygen atoms in total. The highest BCUT2D eigenvalue weighted by atomic mass is 32.2. The third kappa shape index (κ3) is 6.62. The number of imide groups is 1. The molecule has 0 aliphatic carbocycles. The average molecular weight is 474 g/mol. The number of carbonyl (C=O) groups is 3. The molecule has 1 heterocycles.